The van der Waals surface area contributed by atoms with Gasteiger partial charge in [0.2, 0.25) is 5.95 Å². The Labute approximate surface area is 209 Å². The molecule has 11 heteroatoms. The number of nitrogens with one attached hydrogen (secondary N) is 1. The maximum absolute atomic E-state index is 13.3. The van der Waals surface area contributed by atoms with Crippen LogP contribution in [0.3, 0.4) is 0 Å². The Balaban J connectivity index is 1.70. The summed E-state index contributed by atoms with van der Waals surface area (Å²) in [6.45, 7) is 2.00. The molecule has 0 aliphatic heterocycles. The van der Waals surface area contributed by atoms with Crippen LogP contribution >= 0.6 is 22.9 Å². The van der Waals surface area contributed by atoms with Crippen LogP contribution in [0, 0.1) is 6.92 Å². The first-order valence-corrected chi connectivity index (χ1v) is 11.9. The number of ether oxygens (including phenoxy) is 1. The van der Waals surface area contributed by atoms with Crippen molar-refractivity contribution in [1.29, 1.82) is 0 Å². The molecule has 0 bridgehead atoms. The number of halogens is 1. The summed E-state index contributed by atoms with van der Waals surface area (Å²) < 4.78 is 6.91. The third-order valence-corrected chi connectivity index (χ3v) is 6.25. The van der Waals surface area contributed by atoms with E-state index in [1.54, 1.807) is 12.1 Å². The number of thiazole rings is 1. The van der Waals surface area contributed by atoms with E-state index >= 15 is 0 Å². The zero-order chi connectivity index (χ0) is 24.9. The molecular weight excluding hydrogens is 490 g/mol. The molecule has 2 heterocycles. The van der Waals surface area contributed by atoms with Gasteiger partial charge in [-0.15, -0.1) is 11.3 Å². The van der Waals surface area contributed by atoms with Crippen LogP contribution < -0.4 is 16.7 Å². The second-order valence-electron chi connectivity index (χ2n) is 7.72. The van der Waals surface area contributed by atoms with E-state index in [0.717, 1.165) is 21.3 Å². The standard InChI is InChI=1S/C24H22ClN5O4S/c1-15-3-5-16(6-4-15)13-30-21(28-23(32)29(24(30)33)12-11-20(31)34-2)27-22-26-19(14-35-22)17-7-9-18(25)10-8-17/h3-10,14H,11-13H2,1-2H3,(H,26,27,28,32). The first kappa shape index (κ1) is 24.4. The van der Waals surface area contributed by atoms with E-state index in [0.29, 0.717) is 15.8 Å². The number of rotatable bonds is 8. The number of methoxy groups -OCH3 is 1. The quantitative estimate of drug-likeness (QED) is 0.358. The zero-order valence-corrected chi connectivity index (χ0v) is 20.6. The molecule has 0 aliphatic rings. The second-order valence-corrected chi connectivity index (χ2v) is 9.01. The summed E-state index contributed by atoms with van der Waals surface area (Å²) in [5.74, 6) is -0.465. The van der Waals surface area contributed by atoms with Crippen molar-refractivity contribution in [1.82, 2.24) is 19.1 Å². The summed E-state index contributed by atoms with van der Waals surface area (Å²) >= 11 is 7.28. The molecule has 1 N–H and O–H groups in total. The van der Waals surface area contributed by atoms with Crippen LogP contribution in [0.25, 0.3) is 11.3 Å². The minimum Gasteiger partial charge on any atom is -0.469 e. The van der Waals surface area contributed by atoms with E-state index < -0.39 is 17.3 Å². The van der Waals surface area contributed by atoms with Crippen molar-refractivity contribution in [3.63, 3.8) is 0 Å². The Morgan fingerprint density at radius 1 is 1.06 bits per heavy atom. The Morgan fingerprint density at radius 3 is 2.46 bits per heavy atom. The molecule has 0 spiro atoms. The summed E-state index contributed by atoms with van der Waals surface area (Å²) in [5.41, 5.74) is 2.16. The van der Waals surface area contributed by atoms with Crippen LogP contribution in [-0.2, 0) is 22.6 Å². The lowest BCUT2D eigenvalue weighted by Crippen LogP contribution is -2.43. The fraction of sp³-hybridized carbons (Fsp3) is 0.208. The number of nitrogens with zero attached hydrogens (tertiary/aromatic N) is 4. The molecule has 0 saturated heterocycles. The van der Waals surface area contributed by atoms with Gasteiger partial charge in [0.15, 0.2) is 5.13 Å². The van der Waals surface area contributed by atoms with E-state index in [1.807, 2.05) is 48.7 Å². The number of hydrogen-bond acceptors (Lipinski definition) is 8. The number of hydrogen-bond donors (Lipinski definition) is 1. The predicted octanol–water partition coefficient (Wildman–Crippen LogP) is 3.85. The molecule has 0 saturated carbocycles. The molecule has 2 aromatic carbocycles. The maximum Gasteiger partial charge on any atom is 0.354 e. The van der Waals surface area contributed by atoms with E-state index in [4.69, 9.17) is 11.6 Å². The Kier molecular flexibility index (Phi) is 7.42. The van der Waals surface area contributed by atoms with Crippen molar-refractivity contribution < 1.29 is 9.53 Å². The third-order valence-electron chi connectivity index (χ3n) is 5.24. The fourth-order valence-corrected chi connectivity index (χ4v) is 4.16. The average Bonchev–Trinajstić information content (AvgIpc) is 3.31. The first-order chi connectivity index (χ1) is 16.8. The van der Waals surface area contributed by atoms with Crippen molar-refractivity contribution >= 4 is 40.0 Å². The van der Waals surface area contributed by atoms with Gasteiger partial charge in [-0.25, -0.2) is 19.1 Å². The highest BCUT2D eigenvalue weighted by Crippen LogP contribution is 2.27. The van der Waals surface area contributed by atoms with Crippen LogP contribution in [0.4, 0.5) is 11.1 Å². The highest BCUT2D eigenvalue weighted by molar-refractivity contribution is 7.14. The van der Waals surface area contributed by atoms with Gasteiger partial charge < -0.3 is 10.1 Å². The smallest absolute Gasteiger partial charge is 0.354 e. The van der Waals surface area contributed by atoms with Crippen molar-refractivity contribution in [3.8, 4) is 11.3 Å². The number of carbonyl (C=O) groups excluding carboxylic acids is 1. The maximum atomic E-state index is 13.3. The lowest BCUT2D eigenvalue weighted by molar-refractivity contribution is -0.140. The van der Waals surface area contributed by atoms with Crippen LogP contribution in [0.15, 0.2) is 63.5 Å². The van der Waals surface area contributed by atoms with Gasteiger partial charge in [-0.2, -0.15) is 4.98 Å². The largest absolute Gasteiger partial charge is 0.469 e. The van der Waals surface area contributed by atoms with Gasteiger partial charge in [-0.3, -0.25) is 9.36 Å². The van der Waals surface area contributed by atoms with Crippen LogP contribution in [-0.4, -0.2) is 32.2 Å². The van der Waals surface area contributed by atoms with Gasteiger partial charge in [0.25, 0.3) is 0 Å². The minimum atomic E-state index is -0.768. The Hall–Kier alpha value is -3.76. The highest BCUT2D eigenvalue weighted by atomic mass is 35.5. The molecule has 0 fully saturated rings. The van der Waals surface area contributed by atoms with Gasteiger partial charge in [0, 0.05) is 22.5 Å². The van der Waals surface area contributed by atoms with Gasteiger partial charge in [0.1, 0.15) is 0 Å². The molecule has 0 amide bonds. The highest BCUT2D eigenvalue weighted by Gasteiger charge is 2.16. The van der Waals surface area contributed by atoms with Crippen LogP contribution in [0.1, 0.15) is 17.5 Å². The molecule has 4 rings (SSSR count). The van der Waals surface area contributed by atoms with Gasteiger partial charge in [0.05, 0.1) is 25.8 Å². The summed E-state index contributed by atoms with van der Waals surface area (Å²) in [5, 5.41) is 5.96. The van der Waals surface area contributed by atoms with Crippen molar-refractivity contribution in [2.75, 3.05) is 12.4 Å². The molecule has 180 valence electrons. The molecule has 4 aromatic rings. The molecule has 0 aliphatic carbocycles. The second kappa shape index (κ2) is 10.7. The number of esters is 1. The molecule has 0 unspecified atom stereocenters. The van der Waals surface area contributed by atoms with Crippen molar-refractivity contribution in [2.45, 2.75) is 26.4 Å². The van der Waals surface area contributed by atoms with E-state index in [9.17, 15) is 14.4 Å². The number of benzene rings is 2. The molecule has 9 nitrogen and oxygen atoms in total. The lowest BCUT2D eigenvalue weighted by atomic mass is 10.1. The molecule has 35 heavy (non-hydrogen) atoms. The average molecular weight is 512 g/mol. The first-order valence-electron chi connectivity index (χ1n) is 10.7. The number of anilines is 2. The molecule has 0 atom stereocenters. The minimum absolute atomic E-state index is 0.0619. The molecular formula is C24H22ClN5O4S. The van der Waals surface area contributed by atoms with Gasteiger partial charge >= 0.3 is 17.3 Å². The lowest BCUT2D eigenvalue weighted by Gasteiger charge is -2.14. The zero-order valence-electron chi connectivity index (χ0n) is 19.0. The Morgan fingerprint density at radius 2 is 1.77 bits per heavy atom. The number of aryl methyl sites for hydroxylation is 1. The SMILES string of the molecule is COC(=O)CCn1c(=O)nc(Nc2nc(-c3ccc(Cl)cc3)cs2)n(Cc2ccc(C)cc2)c1=O. The van der Waals surface area contributed by atoms with Gasteiger partial charge in [-0.05, 0) is 24.6 Å². The monoisotopic (exact) mass is 511 g/mol. The van der Waals surface area contributed by atoms with Crippen LogP contribution in [0.2, 0.25) is 5.02 Å². The molecule has 2 aromatic heterocycles. The Bertz CT molecular complexity index is 1460. The fourth-order valence-electron chi connectivity index (χ4n) is 3.32. The van der Waals surface area contributed by atoms with E-state index in [1.165, 1.54) is 23.0 Å². The summed E-state index contributed by atoms with van der Waals surface area (Å²) in [6, 6.07) is 14.9. The number of carbonyl (C=O) groups is 1. The topological polar surface area (TPSA) is 108 Å². The predicted molar refractivity (Wildman–Crippen MR) is 136 cm³/mol. The third kappa shape index (κ3) is 5.84. The summed E-state index contributed by atoms with van der Waals surface area (Å²) in [4.78, 5) is 46.2. The summed E-state index contributed by atoms with van der Waals surface area (Å²) in [7, 11) is 1.25. The normalized spacial score (nSPS) is 10.8. The van der Waals surface area contributed by atoms with Crippen molar-refractivity contribution in [3.05, 3.63) is 91.0 Å². The number of aromatic nitrogens is 4. The van der Waals surface area contributed by atoms with Crippen LogP contribution in [0.5, 0.6) is 0 Å². The van der Waals surface area contributed by atoms with E-state index in [-0.39, 0.29) is 25.5 Å². The van der Waals surface area contributed by atoms with Crippen molar-refractivity contribution in [2.24, 2.45) is 0 Å². The summed E-state index contributed by atoms with van der Waals surface area (Å²) in [6.07, 6.45) is -0.123. The van der Waals surface area contributed by atoms with Gasteiger partial charge in [-0.1, -0.05) is 53.6 Å². The van der Waals surface area contributed by atoms with E-state index in [2.05, 4.69) is 20.0 Å². The molecule has 0 radical (unpaired) electrons.